The highest BCUT2D eigenvalue weighted by Crippen LogP contribution is 2.31. The Kier molecular flexibility index (Phi) is 7.49. The zero-order chi connectivity index (χ0) is 16.8. The minimum Gasteiger partial charge on any atom is -0.469 e. The summed E-state index contributed by atoms with van der Waals surface area (Å²) in [5, 5.41) is 0. The van der Waals surface area contributed by atoms with Gasteiger partial charge in [0, 0.05) is 12.3 Å². The maximum absolute atomic E-state index is 12.7. The Morgan fingerprint density at radius 1 is 1.27 bits per heavy atom. The van der Waals surface area contributed by atoms with Crippen molar-refractivity contribution >= 4 is 20.1 Å². The fourth-order valence-corrected chi connectivity index (χ4v) is 4.28. The number of allylic oxidation sites excluding steroid dienone is 1. The van der Waals surface area contributed by atoms with Gasteiger partial charge >= 0.3 is 5.97 Å². The van der Waals surface area contributed by atoms with E-state index in [4.69, 9.17) is 9.16 Å². The third-order valence-corrected chi connectivity index (χ3v) is 5.06. The van der Waals surface area contributed by atoms with Gasteiger partial charge in [-0.15, -0.1) is 6.58 Å². The van der Waals surface area contributed by atoms with Crippen molar-refractivity contribution in [1.82, 2.24) is 0 Å². The van der Waals surface area contributed by atoms with E-state index >= 15 is 0 Å². The Morgan fingerprint density at radius 3 is 2.45 bits per heavy atom. The van der Waals surface area contributed by atoms with Crippen molar-refractivity contribution in [2.45, 2.75) is 64.3 Å². The van der Waals surface area contributed by atoms with Gasteiger partial charge in [-0.1, -0.05) is 18.9 Å². The lowest BCUT2D eigenvalue weighted by Crippen LogP contribution is -2.41. The fraction of sp³-hybridized carbons (Fsp3) is 0.765. The average molecular weight is 327 g/mol. The van der Waals surface area contributed by atoms with Crippen molar-refractivity contribution in [2.75, 3.05) is 7.11 Å². The second-order valence-electron chi connectivity index (χ2n) is 7.07. The quantitative estimate of drug-likeness (QED) is 0.387. The second-order valence-corrected chi connectivity index (χ2v) is 11.5. The lowest BCUT2D eigenvalue weighted by molar-refractivity contribution is -0.148. The predicted octanol–water partition coefficient (Wildman–Crippen LogP) is 3.72. The molecule has 3 atom stereocenters. The summed E-state index contributed by atoms with van der Waals surface area (Å²) in [6.45, 7) is 10.1. The molecule has 0 aromatic heterocycles. The van der Waals surface area contributed by atoms with E-state index in [0.717, 1.165) is 25.7 Å². The van der Waals surface area contributed by atoms with Crippen LogP contribution in [0.5, 0.6) is 0 Å². The Morgan fingerprint density at radius 2 is 1.91 bits per heavy atom. The molecular weight excluding hydrogens is 296 g/mol. The summed E-state index contributed by atoms with van der Waals surface area (Å²) in [5.74, 6) is -0.672. The van der Waals surface area contributed by atoms with Gasteiger partial charge in [0.2, 0.25) is 0 Å². The Bertz CT molecular complexity index is 400. The lowest BCUT2D eigenvalue weighted by atomic mass is 9.80. The largest absolute Gasteiger partial charge is 0.469 e. The topological polar surface area (TPSA) is 52.6 Å². The van der Waals surface area contributed by atoms with Crippen molar-refractivity contribution in [2.24, 2.45) is 11.8 Å². The van der Waals surface area contributed by atoms with Crippen LogP contribution in [0.1, 0.15) is 38.5 Å². The number of ether oxygens (including phenoxy) is 1. The minimum absolute atomic E-state index is 0.0231. The zero-order valence-electron chi connectivity index (χ0n) is 14.4. The number of methoxy groups -OCH3 is 1. The van der Waals surface area contributed by atoms with Gasteiger partial charge in [-0.2, -0.15) is 0 Å². The van der Waals surface area contributed by atoms with Gasteiger partial charge in [0.15, 0.2) is 8.32 Å². The third-order valence-electron chi connectivity index (χ3n) is 4.05. The van der Waals surface area contributed by atoms with Crippen LogP contribution in [0.25, 0.3) is 0 Å². The van der Waals surface area contributed by atoms with Crippen LogP contribution in [-0.2, 0) is 18.8 Å². The molecule has 1 aliphatic rings. The maximum Gasteiger partial charge on any atom is 0.309 e. The lowest BCUT2D eigenvalue weighted by Gasteiger charge is -2.35. The summed E-state index contributed by atoms with van der Waals surface area (Å²) in [6, 6.07) is 0. The molecule has 0 amide bonds. The number of ketones is 1. The molecule has 0 heterocycles. The summed E-state index contributed by atoms with van der Waals surface area (Å²) >= 11 is 0. The van der Waals surface area contributed by atoms with Crippen LogP contribution in [0.3, 0.4) is 0 Å². The highest BCUT2D eigenvalue weighted by Gasteiger charge is 2.36. The highest BCUT2D eigenvalue weighted by atomic mass is 28.4. The van der Waals surface area contributed by atoms with Crippen LogP contribution < -0.4 is 0 Å². The van der Waals surface area contributed by atoms with Gasteiger partial charge in [-0.3, -0.25) is 9.59 Å². The number of carbonyl (C=O) groups excluding carboxylic acids is 2. The number of hydrogen-bond donors (Lipinski definition) is 0. The van der Waals surface area contributed by atoms with E-state index in [2.05, 4.69) is 26.2 Å². The minimum atomic E-state index is -1.68. The SMILES string of the molecule is C=CCC(CC(=O)C1CCCCC1O[Si](C)(C)C)C(=O)OC. The van der Waals surface area contributed by atoms with Crippen LogP contribution in [0, 0.1) is 11.8 Å². The van der Waals surface area contributed by atoms with Crippen molar-refractivity contribution < 1.29 is 18.8 Å². The van der Waals surface area contributed by atoms with E-state index < -0.39 is 14.2 Å². The van der Waals surface area contributed by atoms with Crippen molar-refractivity contribution in [3.63, 3.8) is 0 Å². The van der Waals surface area contributed by atoms with Crippen molar-refractivity contribution in [1.29, 1.82) is 0 Å². The maximum atomic E-state index is 12.7. The molecule has 0 saturated heterocycles. The van der Waals surface area contributed by atoms with Crippen LogP contribution in [0.2, 0.25) is 19.6 Å². The number of esters is 1. The number of Topliss-reactive ketones (excluding diaryl/α,β-unsaturated/α-hetero) is 1. The smallest absolute Gasteiger partial charge is 0.309 e. The van der Waals surface area contributed by atoms with Crippen molar-refractivity contribution in [3.8, 4) is 0 Å². The Hall–Kier alpha value is -0.943. The average Bonchev–Trinajstić information content (AvgIpc) is 2.44. The number of carbonyl (C=O) groups is 2. The molecule has 0 aromatic rings. The standard InChI is InChI=1S/C17H30O4Si/c1-6-9-13(17(19)20-2)12-15(18)14-10-7-8-11-16(14)21-22(3,4)5/h6,13-14,16H,1,7-12H2,2-5H3. The predicted molar refractivity (Wildman–Crippen MR) is 90.1 cm³/mol. The first kappa shape index (κ1) is 19.1. The first-order valence-corrected chi connectivity index (χ1v) is 11.6. The summed E-state index contributed by atoms with van der Waals surface area (Å²) in [5.41, 5.74) is 0. The summed E-state index contributed by atoms with van der Waals surface area (Å²) in [6.07, 6.45) is 6.40. The Balaban J connectivity index is 2.74. The summed E-state index contributed by atoms with van der Waals surface area (Å²) in [4.78, 5) is 24.5. The van der Waals surface area contributed by atoms with E-state index in [0.29, 0.717) is 6.42 Å². The normalized spacial score (nSPS) is 23.6. The highest BCUT2D eigenvalue weighted by molar-refractivity contribution is 6.69. The molecule has 1 fully saturated rings. The molecule has 0 bridgehead atoms. The monoisotopic (exact) mass is 326 g/mol. The summed E-state index contributed by atoms with van der Waals surface area (Å²) in [7, 11) is -0.314. The molecule has 0 aromatic carbocycles. The molecule has 22 heavy (non-hydrogen) atoms. The third kappa shape index (κ3) is 6.05. The van der Waals surface area contributed by atoms with Gasteiger partial charge in [0.05, 0.1) is 19.1 Å². The van der Waals surface area contributed by atoms with Gasteiger partial charge in [0.25, 0.3) is 0 Å². The molecule has 3 unspecified atom stereocenters. The fourth-order valence-electron chi connectivity index (χ4n) is 3.09. The number of hydrogen-bond acceptors (Lipinski definition) is 4. The first-order chi connectivity index (χ1) is 10.3. The molecular formula is C17H30O4Si. The number of rotatable bonds is 8. The van der Waals surface area contributed by atoms with E-state index in [-0.39, 0.29) is 30.2 Å². The zero-order valence-corrected chi connectivity index (χ0v) is 15.4. The first-order valence-electron chi connectivity index (χ1n) is 8.17. The molecule has 0 N–H and O–H groups in total. The summed E-state index contributed by atoms with van der Waals surface area (Å²) < 4.78 is 11.0. The molecule has 0 radical (unpaired) electrons. The molecule has 0 aliphatic heterocycles. The van der Waals surface area contributed by atoms with E-state index in [1.54, 1.807) is 6.08 Å². The molecule has 5 heteroatoms. The molecule has 0 spiro atoms. The molecule has 1 rings (SSSR count). The van der Waals surface area contributed by atoms with Gasteiger partial charge in [-0.05, 0) is 38.9 Å². The van der Waals surface area contributed by atoms with Crippen LogP contribution >= 0.6 is 0 Å². The molecule has 126 valence electrons. The second kappa shape index (κ2) is 8.63. The van der Waals surface area contributed by atoms with E-state index in [9.17, 15) is 9.59 Å². The van der Waals surface area contributed by atoms with Crippen LogP contribution in [-0.4, -0.2) is 33.3 Å². The van der Waals surface area contributed by atoms with Gasteiger partial charge in [0.1, 0.15) is 5.78 Å². The Labute approximate surface area is 135 Å². The van der Waals surface area contributed by atoms with Gasteiger partial charge in [-0.25, -0.2) is 0 Å². The molecule has 1 saturated carbocycles. The van der Waals surface area contributed by atoms with Crippen LogP contribution in [0.4, 0.5) is 0 Å². The van der Waals surface area contributed by atoms with Crippen LogP contribution in [0.15, 0.2) is 12.7 Å². The van der Waals surface area contributed by atoms with E-state index in [1.165, 1.54) is 7.11 Å². The molecule has 4 nitrogen and oxygen atoms in total. The van der Waals surface area contributed by atoms with Gasteiger partial charge < -0.3 is 9.16 Å². The van der Waals surface area contributed by atoms with Crippen molar-refractivity contribution in [3.05, 3.63) is 12.7 Å². The molecule has 1 aliphatic carbocycles. The van der Waals surface area contributed by atoms with E-state index in [1.807, 2.05) is 0 Å².